The average Bonchev–Trinajstić information content (AvgIpc) is 2.45. The predicted octanol–water partition coefficient (Wildman–Crippen LogP) is 4.40. The normalized spacial score (nSPS) is 10.3. The Morgan fingerprint density at radius 1 is 1.20 bits per heavy atom. The molecule has 2 rings (SSSR count). The number of hydrogen-bond acceptors (Lipinski definition) is 4. The second-order valence-electron chi connectivity index (χ2n) is 4.18. The molecule has 0 fully saturated rings. The van der Waals surface area contributed by atoms with Crippen LogP contribution in [-0.4, -0.2) is 16.5 Å². The van der Waals surface area contributed by atoms with E-state index in [4.69, 9.17) is 4.74 Å². The molecule has 0 aliphatic rings. The van der Waals surface area contributed by atoms with E-state index < -0.39 is 0 Å². The van der Waals surface area contributed by atoms with Gasteiger partial charge in [0.2, 0.25) is 0 Å². The summed E-state index contributed by atoms with van der Waals surface area (Å²) in [6.45, 7) is 3.40. The maximum Gasteiger partial charge on any atom is 0.144 e. The average molecular weight is 401 g/mol. The summed E-state index contributed by atoms with van der Waals surface area (Å²) in [4.78, 5) is 8.61. The SMILES string of the molecule is CCCNc1cnc(COc2ccc(Br)cc2Br)cn1. The van der Waals surface area contributed by atoms with Gasteiger partial charge < -0.3 is 10.1 Å². The third-order valence-corrected chi connectivity index (χ3v) is 3.64. The standard InChI is InChI=1S/C14H15Br2N3O/c1-2-5-17-14-8-18-11(7-19-14)9-20-13-4-3-10(15)6-12(13)16/h3-4,6-8H,2,5,9H2,1H3,(H,17,19). The largest absolute Gasteiger partial charge is 0.486 e. The number of ether oxygens (including phenoxy) is 1. The van der Waals surface area contributed by atoms with Crippen molar-refractivity contribution in [3.8, 4) is 5.75 Å². The molecule has 0 spiro atoms. The van der Waals surface area contributed by atoms with E-state index in [-0.39, 0.29) is 0 Å². The Kier molecular flexibility index (Phi) is 5.79. The second-order valence-corrected chi connectivity index (χ2v) is 5.95. The van der Waals surface area contributed by atoms with Gasteiger partial charge in [-0.1, -0.05) is 22.9 Å². The van der Waals surface area contributed by atoms with Crippen molar-refractivity contribution in [3.63, 3.8) is 0 Å². The van der Waals surface area contributed by atoms with Crippen LogP contribution < -0.4 is 10.1 Å². The Bertz CT molecular complexity index is 561. The fourth-order valence-corrected chi connectivity index (χ4v) is 2.68. The number of halogens is 2. The number of rotatable bonds is 6. The summed E-state index contributed by atoms with van der Waals surface area (Å²) >= 11 is 6.87. The Morgan fingerprint density at radius 2 is 2.05 bits per heavy atom. The van der Waals surface area contributed by atoms with Crippen molar-refractivity contribution in [2.24, 2.45) is 0 Å². The Morgan fingerprint density at radius 3 is 2.70 bits per heavy atom. The third kappa shape index (κ3) is 4.45. The van der Waals surface area contributed by atoms with Crippen LogP contribution in [0, 0.1) is 0 Å². The number of aromatic nitrogens is 2. The van der Waals surface area contributed by atoms with Crippen LogP contribution in [0.15, 0.2) is 39.5 Å². The van der Waals surface area contributed by atoms with Crippen LogP contribution in [0.2, 0.25) is 0 Å². The smallest absolute Gasteiger partial charge is 0.144 e. The molecule has 0 atom stereocenters. The van der Waals surface area contributed by atoms with Crippen molar-refractivity contribution in [3.05, 3.63) is 45.2 Å². The van der Waals surface area contributed by atoms with Gasteiger partial charge in [0.1, 0.15) is 18.2 Å². The van der Waals surface area contributed by atoms with E-state index in [0.717, 1.165) is 39.2 Å². The molecule has 20 heavy (non-hydrogen) atoms. The molecule has 2 aromatic rings. The van der Waals surface area contributed by atoms with Crippen molar-refractivity contribution in [2.75, 3.05) is 11.9 Å². The van der Waals surface area contributed by atoms with Crippen LogP contribution in [0.5, 0.6) is 5.75 Å². The second kappa shape index (κ2) is 7.59. The lowest BCUT2D eigenvalue weighted by Crippen LogP contribution is -2.04. The molecule has 0 bridgehead atoms. The molecule has 1 aromatic carbocycles. The molecular weight excluding hydrogens is 386 g/mol. The molecule has 0 amide bonds. The van der Waals surface area contributed by atoms with Crippen LogP contribution in [-0.2, 0) is 6.61 Å². The molecule has 0 saturated carbocycles. The van der Waals surface area contributed by atoms with E-state index in [0.29, 0.717) is 6.61 Å². The van der Waals surface area contributed by atoms with Crippen LogP contribution in [0.4, 0.5) is 5.82 Å². The van der Waals surface area contributed by atoms with E-state index >= 15 is 0 Å². The molecule has 1 heterocycles. The summed E-state index contributed by atoms with van der Waals surface area (Å²) in [5, 5.41) is 3.18. The van der Waals surface area contributed by atoms with Crippen LogP contribution in [0.25, 0.3) is 0 Å². The maximum atomic E-state index is 5.71. The predicted molar refractivity (Wildman–Crippen MR) is 87.0 cm³/mol. The zero-order chi connectivity index (χ0) is 14.4. The zero-order valence-corrected chi connectivity index (χ0v) is 14.2. The van der Waals surface area contributed by atoms with E-state index in [1.807, 2.05) is 18.2 Å². The summed E-state index contributed by atoms with van der Waals surface area (Å²) in [5.74, 6) is 1.57. The summed E-state index contributed by atoms with van der Waals surface area (Å²) in [7, 11) is 0. The summed E-state index contributed by atoms with van der Waals surface area (Å²) < 4.78 is 7.61. The van der Waals surface area contributed by atoms with Gasteiger partial charge in [0.15, 0.2) is 0 Å². The molecule has 0 saturated heterocycles. The first-order chi connectivity index (χ1) is 9.69. The van der Waals surface area contributed by atoms with Gasteiger partial charge in [0.05, 0.1) is 22.6 Å². The minimum Gasteiger partial charge on any atom is -0.486 e. The van der Waals surface area contributed by atoms with Crippen molar-refractivity contribution in [1.29, 1.82) is 0 Å². The van der Waals surface area contributed by atoms with Gasteiger partial charge in [-0.25, -0.2) is 4.98 Å². The van der Waals surface area contributed by atoms with Crippen LogP contribution in [0.1, 0.15) is 19.0 Å². The van der Waals surface area contributed by atoms with Gasteiger partial charge in [-0.05, 0) is 40.5 Å². The molecule has 6 heteroatoms. The van der Waals surface area contributed by atoms with E-state index in [9.17, 15) is 0 Å². The first-order valence-electron chi connectivity index (χ1n) is 6.31. The van der Waals surface area contributed by atoms with Gasteiger partial charge in [-0.3, -0.25) is 4.98 Å². The lowest BCUT2D eigenvalue weighted by atomic mass is 10.3. The van der Waals surface area contributed by atoms with Crippen LogP contribution in [0.3, 0.4) is 0 Å². The Balaban J connectivity index is 1.93. The number of anilines is 1. The molecule has 0 unspecified atom stereocenters. The van der Waals surface area contributed by atoms with E-state index in [2.05, 4.69) is 54.1 Å². The van der Waals surface area contributed by atoms with Gasteiger partial charge >= 0.3 is 0 Å². The molecule has 4 nitrogen and oxygen atoms in total. The molecule has 0 aliphatic heterocycles. The number of hydrogen-bond donors (Lipinski definition) is 1. The maximum absolute atomic E-state index is 5.71. The van der Waals surface area contributed by atoms with E-state index in [1.54, 1.807) is 12.4 Å². The topological polar surface area (TPSA) is 47.0 Å². The summed E-state index contributed by atoms with van der Waals surface area (Å²) in [6.07, 6.45) is 4.51. The number of benzene rings is 1. The molecule has 1 N–H and O–H groups in total. The van der Waals surface area contributed by atoms with Crippen molar-refractivity contribution < 1.29 is 4.74 Å². The fourth-order valence-electron chi connectivity index (χ4n) is 1.52. The van der Waals surface area contributed by atoms with E-state index in [1.165, 1.54) is 0 Å². The van der Waals surface area contributed by atoms with Crippen molar-refractivity contribution in [2.45, 2.75) is 20.0 Å². The highest BCUT2D eigenvalue weighted by molar-refractivity contribution is 9.11. The Hall–Kier alpha value is -1.14. The first-order valence-corrected chi connectivity index (χ1v) is 7.90. The minimum absolute atomic E-state index is 0.390. The Labute approximate surface area is 135 Å². The molecule has 106 valence electrons. The van der Waals surface area contributed by atoms with Crippen molar-refractivity contribution >= 4 is 37.7 Å². The fraction of sp³-hybridized carbons (Fsp3) is 0.286. The summed E-state index contributed by atoms with van der Waals surface area (Å²) in [5.41, 5.74) is 0.793. The monoisotopic (exact) mass is 399 g/mol. The first kappa shape index (κ1) is 15.3. The quantitative estimate of drug-likeness (QED) is 0.780. The van der Waals surface area contributed by atoms with Gasteiger partial charge in [-0.15, -0.1) is 0 Å². The van der Waals surface area contributed by atoms with Gasteiger partial charge in [0.25, 0.3) is 0 Å². The highest BCUT2D eigenvalue weighted by atomic mass is 79.9. The number of nitrogens with zero attached hydrogens (tertiary/aromatic N) is 2. The third-order valence-electron chi connectivity index (χ3n) is 2.53. The summed E-state index contributed by atoms with van der Waals surface area (Å²) in [6, 6.07) is 5.78. The van der Waals surface area contributed by atoms with Gasteiger partial charge in [-0.2, -0.15) is 0 Å². The van der Waals surface area contributed by atoms with Crippen LogP contribution >= 0.6 is 31.9 Å². The number of nitrogens with one attached hydrogen (secondary N) is 1. The van der Waals surface area contributed by atoms with Gasteiger partial charge in [0, 0.05) is 11.0 Å². The lowest BCUT2D eigenvalue weighted by Gasteiger charge is -2.08. The lowest BCUT2D eigenvalue weighted by molar-refractivity contribution is 0.299. The molecule has 0 radical (unpaired) electrons. The minimum atomic E-state index is 0.390. The molecular formula is C14H15Br2N3O. The molecule has 0 aliphatic carbocycles. The molecule has 1 aromatic heterocycles. The zero-order valence-electron chi connectivity index (χ0n) is 11.1. The highest BCUT2D eigenvalue weighted by Gasteiger charge is 2.03. The van der Waals surface area contributed by atoms with Crippen molar-refractivity contribution in [1.82, 2.24) is 9.97 Å². The highest BCUT2D eigenvalue weighted by Crippen LogP contribution is 2.28.